The highest BCUT2D eigenvalue weighted by Crippen LogP contribution is 2.18. The monoisotopic (exact) mass is 717 g/mol. The first-order chi connectivity index (χ1) is 24.8. The Kier molecular flexibility index (Phi) is 35.1. The fraction of sp³-hybridized carbons (Fsp3) is 0.744. The first kappa shape index (κ1) is 48.3. The highest BCUT2D eigenvalue weighted by atomic mass is 16.5. The van der Waals surface area contributed by atoms with E-state index in [1.165, 1.54) is 78.4 Å². The maximum Gasteiger partial charge on any atom is 0.320 e. The second-order valence-corrected chi connectivity index (χ2v) is 14.0. The second-order valence-electron chi connectivity index (χ2n) is 14.0. The molecule has 8 heteroatoms. The molecule has 0 radical (unpaired) electrons. The van der Waals surface area contributed by atoms with Crippen LogP contribution in [0.2, 0.25) is 0 Å². The molecule has 0 N–H and O–H groups in total. The van der Waals surface area contributed by atoms with Crippen molar-refractivity contribution in [3.63, 3.8) is 0 Å². The molecule has 0 amide bonds. The predicted octanol–water partition coefficient (Wildman–Crippen LogP) is 10.3. The van der Waals surface area contributed by atoms with Gasteiger partial charge in [-0.3, -0.25) is 24.2 Å². The lowest BCUT2D eigenvalue weighted by molar-refractivity contribution is -0.151. The van der Waals surface area contributed by atoms with Crippen molar-refractivity contribution in [2.24, 2.45) is 0 Å². The molecule has 51 heavy (non-hydrogen) atoms. The van der Waals surface area contributed by atoms with Crippen molar-refractivity contribution >= 4 is 17.9 Å². The lowest BCUT2D eigenvalue weighted by Gasteiger charge is -2.23. The van der Waals surface area contributed by atoms with Crippen molar-refractivity contribution in [2.45, 2.75) is 160 Å². The number of ether oxygens (including phenoxy) is 3. The normalized spacial score (nSPS) is 12.2. The van der Waals surface area contributed by atoms with E-state index in [1.54, 1.807) is 0 Å². The van der Waals surface area contributed by atoms with Gasteiger partial charge >= 0.3 is 17.9 Å². The molecule has 0 aliphatic heterocycles. The Hall–Kier alpha value is -2.71. The highest BCUT2D eigenvalue weighted by molar-refractivity contribution is 5.71. The molecule has 0 aromatic rings. The summed E-state index contributed by atoms with van der Waals surface area (Å²) in [7, 11) is 8.85. The van der Waals surface area contributed by atoms with Gasteiger partial charge in [-0.25, -0.2) is 0 Å². The van der Waals surface area contributed by atoms with Gasteiger partial charge in [-0.15, -0.1) is 0 Å². The minimum absolute atomic E-state index is 0.0318. The first-order valence-corrected chi connectivity index (χ1v) is 20.0. The van der Waals surface area contributed by atoms with E-state index in [1.807, 2.05) is 26.0 Å². The molecular weight excluding hydrogens is 640 g/mol. The zero-order chi connectivity index (χ0) is 37.6. The molecule has 0 aromatic heterocycles. The number of nitrogens with zero attached hydrogens (tertiary/aromatic N) is 2. The summed E-state index contributed by atoms with van der Waals surface area (Å²) in [4.78, 5) is 39.0. The number of methoxy groups -OCH3 is 2. The summed E-state index contributed by atoms with van der Waals surface area (Å²) >= 11 is 0. The Morgan fingerprint density at radius 1 is 0.490 bits per heavy atom. The van der Waals surface area contributed by atoms with Crippen molar-refractivity contribution < 1.29 is 28.6 Å². The minimum atomic E-state index is -0.134. The van der Waals surface area contributed by atoms with Crippen molar-refractivity contribution in [1.29, 1.82) is 0 Å². The van der Waals surface area contributed by atoms with Gasteiger partial charge in [-0.05, 0) is 111 Å². The van der Waals surface area contributed by atoms with Crippen molar-refractivity contribution in [1.82, 2.24) is 9.80 Å². The number of unbranched alkanes of at least 4 members (excludes halogenated alkanes) is 14. The van der Waals surface area contributed by atoms with Gasteiger partial charge in [0.1, 0.15) is 6.10 Å². The van der Waals surface area contributed by atoms with E-state index in [0.717, 1.165) is 83.7 Å². The maximum absolute atomic E-state index is 12.7. The Balaban J connectivity index is 4.12. The first-order valence-electron chi connectivity index (χ1n) is 20.0. The Morgan fingerprint density at radius 2 is 0.863 bits per heavy atom. The number of rotatable bonds is 35. The molecule has 0 unspecified atom stereocenters. The summed E-state index contributed by atoms with van der Waals surface area (Å²) < 4.78 is 15.3. The molecule has 0 atom stereocenters. The second kappa shape index (κ2) is 37.1. The summed E-state index contributed by atoms with van der Waals surface area (Å²) in [5.41, 5.74) is 0. The Bertz CT molecular complexity index is 898. The number of allylic oxidation sites excluding steroid dienone is 8. The Morgan fingerprint density at radius 3 is 1.25 bits per heavy atom. The number of hydrogen-bond donors (Lipinski definition) is 0. The smallest absolute Gasteiger partial charge is 0.320 e. The van der Waals surface area contributed by atoms with Crippen LogP contribution < -0.4 is 0 Å². The molecule has 0 saturated heterocycles. The highest BCUT2D eigenvalue weighted by Gasteiger charge is 2.16. The average Bonchev–Trinajstić information content (AvgIpc) is 3.10. The van der Waals surface area contributed by atoms with Gasteiger partial charge < -0.3 is 14.2 Å². The van der Waals surface area contributed by atoms with E-state index >= 15 is 0 Å². The van der Waals surface area contributed by atoms with Gasteiger partial charge in [0.05, 0.1) is 27.4 Å². The zero-order valence-corrected chi connectivity index (χ0v) is 33.4. The third kappa shape index (κ3) is 36.9. The molecule has 0 aromatic carbocycles. The summed E-state index contributed by atoms with van der Waals surface area (Å²) in [6, 6.07) is 0. The van der Waals surface area contributed by atoms with Crippen LogP contribution in [-0.2, 0) is 28.6 Å². The number of carbonyl (C=O) groups excluding carboxylic acids is 3. The van der Waals surface area contributed by atoms with Gasteiger partial charge in [-0.2, -0.15) is 0 Å². The summed E-state index contributed by atoms with van der Waals surface area (Å²) in [5.74, 6) is -0.372. The maximum atomic E-state index is 12.7. The molecule has 294 valence electrons. The van der Waals surface area contributed by atoms with Crippen molar-refractivity contribution in [3.05, 3.63) is 48.6 Å². The molecular formula is C43H76N2O6. The largest absolute Gasteiger partial charge is 0.469 e. The van der Waals surface area contributed by atoms with Gasteiger partial charge in [0.15, 0.2) is 0 Å². The summed E-state index contributed by atoms with van der Waals surface area (Å²) in [6.45, 7) is 1.07. The topological polar surface area (TPSA) is 85.4 Å². The van der Waals surface area contributed by atoms with Crippen molar-refractivity contribution in [2.75, 3.05) is 48.6 Å². The molecule has 0 spiro atoms. The van der Waals surface area contributed by atoms with Crippen molar-refractivity contribution in [3.8, 4) is 0 Å². The van der Waals surface area contributed by atoms with E-state index in [9.17, 15) is 14.4 Å². The lowest BCUT2D eigenvalue weighted by Crippen LogP contribution is -2.36. The molecule has 0 fully saturated rings. The van der Waals surface area contributed by atoms with Crippen LogP contribution in [0.4, 0.5) is 0 Å². The third-order valence-corrected chi connectivity index (χ3v) is 8.68. The zero-order valence-electron chi connectivity index (χ0n) is 33.4. The van der Waals surface area contributed by atoms with E-state index in [4.69, 9.17) is 4.74 Å². The molecule has 0 aliphatic rings. The average molecular weight is 717 g/mol. The van der Waals surface area contributed by atoms with E-state index in [-0.39, 0.29) is 24.0 Å². The standard InChI is InChI=1S/C43H76N2O6/c1-44(2)39-45(3)38-43(48)51-40(34-30-26-22-18-14-10-6-8-12-16-20-24-28-32-36-41(46)49-4)35-31-27-23-19-15-11-7-9-13-17-21-25-29-33-37-42(47)50-5/h8-9,12-13,20-21,24-25,40H,6-7,10-11,14-19,22-23,26-39H2,1-5H3/b12-8-,13-9-,24-20-,25-21-. The van der Waals surface area contributed by atoms with Crippen LogP contribution in [0, 0.1) is 0 Å². The van der Waals surface area contributed by atoms with Crippen LogP contribution in [0.5, 0.6) is 0 Å². The predicted molar refractivity (Wildman–Crippen MR) is 212 cm³/mol. The van der Waals surface area contributed by atoms with Crippen LogP contribution in [0.3, 0.4) is 0 Å². The lowest BCUT2D eigenvalue weighted by atomic mass is 10.0. The van der Waals surface area contributed by atoms with Crippen LogP contribution in [0.1, 0.15) is 154 Å². The SMILES string of the molecule is COC(=O)CCC/C=C\C/C=C\CCCCCCCCC(CCCCCCCC/C=C\C/C=C\CCCC(=O)OC)OC(=O)CN(C)CN(C)C. The minimum Gasteiger partial charge on any atom is -0.469 e. The number of carbonyl (C=O) groups is 3. The summed E-state index contributed by atoms with van der Waals surface area (Å²) in [5, 5.41) is 0. The van der Waals surface area contributed by atoms with Gasteiger partial charge in [-0.1, -0.05) is 100.0 Å². The van der Waals surface area contributed by atoms with E-state index in [0.29, 0.717) is 19.4 Å². The van der Waals surface area contributed by atoms with Crippen LogP contribution in [-0.4, -0.2) is 82.4 Å². The summed E-state index contributed by atoms with van der Waals surface area (Å²) in [6.07, 6.45) is 43.0. The number of hydrogen-bond acceptors (Lipinski definition) is 8. The Labute approximate surface area is 313 Å². The molecule has 0 rings (SSSR count). The third-order valence-electron chi connectivity index (χ3n) is 8.68. The van der Waals surface area contributed by atoms with Gasteiger partial charge in [0.2, 0.25) is 0 Å². The number of esters is 3. The van der Waals surface area contributed by atoms with E-state index in [2.05, 4.69) is 63.0 Å². The van der Waals surface area contributed by atoms with Crippen LogP contribution in [0.25, 0.3) is 0 Å². The molecule has 0 aliphatic carbocycles. The molecule has 8 nitrogen and oxygen atoms in total. The van der Waals surface area contributed by atoms with Crippen LogP contribution >= 0.6 is 0 Å². The fourth-order valence-corrected chi connectivity index (χ4v) is 5.87. The van der Waals surface area contributed by atoms with E-state index < -0.39 is 0 Å². The number of likely N-dealkylation sites (N-methyl/N-ethyl adjacent to an activating group) is 1. The quantitative estimate of drug-likeness (QED) is 0.0211. The molecule has 0 heterocycles. The fourth-order valence-electron chi connectivity index (χ4n) is 5.87. The molecule has 0 saturated carbocycles. The molecule has 0 bridgehead atoms. The van der Waals surface area contributed by atoms with Crippen LogP contribution in [0.15, 0.2) is 48.6 Å². The van der Waals surface area contributed by atoms with Gasteiger partial charge in [0, 0.05) is 12.8 Å². The van der Waals surface area contributed by atoms with Gasteiger partial charge in [0.25, 0.3) is 0 Å².